The van der Waals surface area contributed by atoms with Crippen molar-refractivity contribution >= 4 is 33.3 Å². The standard InChI is InChI=1S/C12H17N5OS/c13-17-12-15-10(7-5-6-19-11(7)16-12)14-8-3-1-2-4-9(8)18/h5-6,8-9,18H,1-4,13H2,(H2,14,15,16,17). The minimum Gasteiger partial charge on any atom is -0.391 e. The van der Waals surface area contributed by atoms with Gasteiger partial charge in [-0.3, -0.25) is 5.43 Å². The van der Waals surface area contributed by atoms with Crippen LogP contribution in [0.3, 0.4) is 0 Å². The number of nitrogens with zero attached hydrogens (tertiary/aromatic N) is 2. The van der Waals surface area contributed by atoms with E-state index in [9.17, 15) is 5.11 Å². The van der Waals surface area contributed by atoms with E-state index in [1.807, 2.05) is 11.4 Å². The van der Waals surface area contributed by atoms with Crippen LogP contribution in [0.5, 0.6) is 0 Å². The normalized spacial score (nSPS) is 23.5. The van der Waals surface area contributed by atoms with E-state index in [1.165, 1.54) is 0 Å². The van der Waals surface area contributed by atoms with Gasteiger partial charge in [-0.25, -0.2) is 10.8 Å². The van der Waals surface area contributed by atoms with Crippen molar-refractivity contribution in [1.29, 1.82) is 0 Å². The zero-order valence-corrected chi connectivity index (χ0v) is 11.3. The molecule has 2 aromatic heterocycles. The van der Waals surface area contributed by atoms with Crippen LogP contribution in [0.25, 0.3) is 10.2 Å². The zero-order valence-electron chi connectivity index (χ0n) is 10.5. The van der Waals surface area contributed by atoms with Crippen LogP contribution in [-0.2, 0) is 0 Å². The van der Waals surface area contributed by atoms with E-state index >= 15 is 0 Å². The topological polar surface area (TPSA) is 96.1 Å². The lowest BCUT2D eigenvalue weighted by Gasteiger charge is -2.29. The van der Waals surface area contributed by atoms with Crippen LogP contribution in [0.15, 0.2) is 11.4 Å². The molecule has 0 aromatic carbocycles. The van der Waals surface area contributed by atoms with Crippen LogP contribution in [0, 0.1) is 0 Å². The molecule has 0 amide bonds. The number of hydrogen-bond donors (Lipinski definition) is 4. The second-order valence-corrected chi connectivity index (χ2v) is 5.68. The van der Waals surface area contributed by atoms with Gasteiger partial charge >= 0.3 is 0 Å². The second kappa shape index (κ2) is 5.28. The molecule has 2 aromatic rings. The Morgan fingerprint density at radius 3 is 2.95 bits per heavy atom. The molecular weight excluding hydrogens is 262 g/mol. The monoisotopic (exact) mass is 279 g/mol. The molecule has 1 aliphatic rings. The van der Waals surface area contributed by atoms with Crippen molar-refractivity contribution < 1.29 is 5.11 Å². The highest BCUT2D eigenvalue weighted by Crippen LogP contribution is 2.29. The summed E-state index contributed by atoms with van der Waals surface area (Å²) >= 11 is 1.54. The van der Waals surface area contributed by atoms with Crippen molar-refractivity contribution in [2.45, 2.75) is 37.8 Å². The molecule has 3 rings (SSSR count). The average Bonchev–Trinajstić information content (AvgIpc) is 2.89. The molecule has 1 aliphatic carbocycles. The fourth-order valence-electron chi connectivity index (χ4n) is 2.49. The summed E-state index contributed by atoms with van der Waals surface area (Å²) in [5.41, 5.74) is 2.48. The summed E-state index contributed by atoms with van der Waals surface area (Å²) in [5, 5.41) is 16.3. The maximum Gasteiger partial charge on any atom is 0.240 e. The first-order chi connectivity index (χ1) is 9.28. The number of anilines is 2. The number of nitrogens with one attached hydrogen (secondary N) is 2. The van der Waals surface area contributed by atoms with Gasteiger partial charge in [0, 0.05) is 0 Å². The maximum absolute atomic E-state index is 10.0. The molecule has 19 heavy (non-hydrogen) atoms. The van der Waals surface area contributed by atoms with Crippen molar-refractivity contribution in [3.8, 4) is 0 Å². The van der Waals surface area contributed by atoms with Crippen molar-refractivity contribution in [3.63, 3.8) is 0 Å². The first-order valence-electron chi connectivity index (χ1n) is 6.44. The molecule has 0 radical (unpaired) electrons. The summed E-state index contributed by atoms with van der Waals surface area (Å²) in [6, 6.07) is 2.04. The van der Waals surface area contributed by atoms with Gasteiger partial charge in [0.15, 0.2) is 0 Å². The molecule has 7 heteroatoms. The quantitative estimate of drug-likeness (QED) is 0.504. The van der Waals surface area contributed by atoms with Gasteiger partial charge in [-0.15, -0.1) is 11.3 Å². The Morgan fingerprint density at radius 1 is 1.32 bits per heavy atom. The van der Waals surface area contributed by atoms with Gasteiger partial charge in [0.2, 0.25) is 5.95 Å². The first kappa shape index (κ1) is 12.6. The summed E-state index contributed by atoms with van der Waals surface area (Å²) in [5.74, 6) is 6.52. The number of aromatic nitrogens is 2. The van der Waals surface area contributed by atoms with Crippen molar-refractivity contribution in [1.82, 2.24) is 9.97 Å². The van der Waals surface area contributed by atoms with E-state index in [0.29, 0.717) is 5.95 Å². The van der Waals surface area contributed by atoms with Crippen LogP contribution in [-0.4, -0.2) is 27.2 Å². The lowest BCUT2D eigenvalue weighted by Crippen LogP contribution is -2.36. The Morgan fingerprint density at radius 2 is 2.16 bits per heavy atom. The van der Waals surface area contributed by atoms with Gasteiger partial charge in [0.1, 0.15) is 10.6 Å². The molecule has 2 unspecified atom stereocenters. The largest absolute Gasteiger partial charge is 0.391 e. The van der Waals surface area contributed by atoms with Gasteiger partial charge in [0.25, 0.3) is 0 Å². The van der Waals surface area contributed by atoms with Crippen LogP contribution >= 0.6 is 11.3 Å². The zero-order chi connectivity index (χ0) is 13.2. The Bertz CT molecular complexity index is 572. The van der Waals surface area contributed by atoms with Crippen LogP contribution < -0.4 is 16.6 Å². The third-order valence-electron chi connectivity index (χ3n) is 3.51. The highest BCUT2D eigenvalue weighted by molar-refractivity contribution is 7.16. The number of rotatable bonds is 3. The van der Waals surface area contributed by atoms with Gasteiger partial charge < -0.3 is 10.4 Å². The number of aliphatic hydroxyl groups excluding tert-OH is 1. The lowest BCUT2D eigenvalue weighted by atomic mass is 9.92. The average molecular weight is 279 g/mol. The molecule has 0 spiro atoms. The van der Waals surface area contributed by atoms with Crippen molar-refractivity contribution in [3.05, 3.63) is 11.4 Å². The van der Waals surface area contributed by atoms with E-state index in [-0.39, 0.29) is 12.1 Å². The highest BCUT2D eigenvalue weighted by Gasteiger charge is 2.24. The third kappa shape index (κ3) is 2.49. The molecule has 2 heterocycles. The lowest BCUT2D eigenvalue weighted by molar-refractivity contribution is 0.116. The molecule has 0 saturated heterocycles. The minimum atomic E-state index is -0.313. The number of thiophene rings is 1. The molecule has 2 atom stereocenters. The number of fused-ring (bicyclic) bond motifs is 1. The van der Waals surface area contributed by atoms with Crippen LogP contribution in [0.1, 0.15) is 25.7 Å². The fraction of sp³-hybridized carbons (Fsp3) is 0.500. The van der Waals surface area contributed by atoms with Gasteiger partial charge in [-0.05, 0) is 24.3 Å². The SMILES string of the molecule is NNc1nc(NC2CCCCC2O)c2ccsc2n1. The molecule has 0 aliphatic heterocycles. The Balaban J connectivity index is 1.92. The molecule has 1 saturated carbocycles. The molecule has 6 nitrogen and oxygen atoms in total. The second-order valence-electron chi connectivity index (χ2n) is 4.78. The fourth-order valence-corrected chi connectivity index (χ4v) is 3.25. The number of hydrogen-bond acceptors (Lipinski definition) is 7. The molecule has 102 valence electrons. The Labute approximate surface area is 115 Å². The van der Waals surface area contributed by atoms with Crippen LogP contribution in [0.4, 0.5) is 11.8 Å². The summed E-state index contributed by atoms with van der Waals surface area (Å²) in [7, 11) is 0. The van der Waals surface area contributed by atoms with Gasteiger partial charge in [0.05, 0.1) is 17.5 Å². The van der Waals surface area contributed by atoms with E-state index in [1.54, 1.807) is 11.3 Å². The van der Waals surface area contributed by atoms with E-state index in [0.717, 1.165) is 41.7 Å². The maximum atomic E-state index is 10.0. The number of aliphatic hydroxyl groups is 1. The van der Waals surface area contributed by atoms with Gasteiger partial charge in [-0.1, -0.05) is 12.8 Å². The molecular formula is C12H17N5OS. The Kier molecular flexibility index (Phi) is 3.50. The summed E-state index contributed by atoms with van der Waals surface area (Å²) in [6.07, 6.45) is 3.72. The Hall–Kier alpha value is -1.44. The first-order valence-corrected chi connectivity index (χ1v) is 7.32. The summed E-state index contributed by atoms with van der Waals surface area (Å²) < 4.78 is 0. The van der Waals surface area contributed by atoms with E-state index < -0.39 is 0 Å². The number of nitrogens with two attached hydrogens (primary N) is 1. The van der Waals surface area contributed by atoms with Crippen molar-refractivity contribution in [2.75, 3.05) is 10.7 Å². The third-order valence-corrected chi connectivity index (χ3v) is 4.31. The number of hydrazine groups is 1. The minimum absolute atomic E-state index is 0.0531. The molecule has 1 fully saturated rings. The molecule has 0 bridgehead atoms. The van der Waals surface area contributed by atoms with Gasteiger partial charge in [-0.2, -0.15) is 4.98 Å². The van der Waals surface area contributed by atoms with Crippen molar-refractivity contribution in [2.24, 2.45) is 5.84 Å². The summed E-state index contributed by atoms with van der Waals surface area (Å²) in [6.45, 7) is 0. The van der Waals surface area contributed by atoms with E-state index in [4.69, 9.17) is 5.84 Å². The summed E-state index contributed by atoms with van der Waals surface area (Å²) in [4.78, 5) is 9.54. The van der Waals surface area contributed by atoms with E-state index in [2.05, 4.69) is 20.7 Å². The molecule has 5 N–H and O–H groups in total. The number of nitrogen functional groups attached to an aromatic ring is 1. The van der Waals surface area contributed by atoms with Crippen LogP contribution in [0.2, 0.25) is 0 Å². The smallest absolute Gasteiger partial charge is 0.240 e. The predicted molar refractivity (Wildman–Crippen MR) is 77.1 cm³/mol. The highest BCUT2D eigenvalue weighted by atomic mass is 32.1. The predicted octanol–water partition coefficient (Wildman–Crippen LogP) is 1.69.